The van der Waals surface area contributed by atoms with Gasteiger partial charge < -0.3 is 35.9 Å². The van der Waals surface area contributed by atoms with Gasteiger partial charge in [-0.2, -0.15) is 0 Å². The Bertz CT molecular complexity index is 1580. The summed E-state index contributed by atoms with van der Waals surface area (Å²) in [6.45, 7) is 11.4. The number of amides is 2. The molecule has 2 aromatic rings. The molecule has 242 valence electrons. The van der Waals surface area contributed by atoms with Gasteiger partial charge in [0.2, 0.25) is 5.91 Å². The number of aliphatic carboxylic acids is 2. The van der Waals surface area contributed by atoms with Crippen molar-refractivity contribution in [3.05, 3.63) is 68.8 Å². The molecule has 2 saturated heterocycles. The number of carboxylic acids is 2. The average molecular weight is 640 g/mol. The van der Waals surface area contributed by atoms with Gasteiger partial charge in [-0.25, -0.2) is 0 Å². The van der Waals surface area contributed by atoms with Gasteiger partial charge in [-0.15, -0.1) is 0 Å². The lowest BCUT2D eigenvalue weighted by molar-refractivity contribution is -0.138. The third kappa shape index (κ3) is 6.48. The molecule has 5 heterocycles. The van der Waals surface area contributed by atoms with Crippen molar-refractivity contribution in [2.75, 3.05) is 5.75 Å². The highest BCUT2D eigenvalue weighted by molar-refractivity contribution is 7.86. The number of H-pyrrole nitrogens is 2. The van der Waals surface area contributed by atoms with Crippen molar-refractivity contribution in [3.63, 3.8) is 0 Å². The van der Waals surface area contributed by atoms with Crippen LogP contribution in [-0.4, -0.2) is 72.1 Å². The number of hydrogen-bond donors (Lipinski definition) is 7. The predicted octanol–water partition coefficient (Wildman–Crippen LogP) is 2.11. The normalized spacial score (nSPS) is 25.0. The standard InChI is InChI=1S/C33H42N4O7S/c1-6-18-14(2)22(36-33(18)44)11-21-15(3)19(7-9-26(38)39)23(34-21)12-24-20(8-10-27(40)41)16(4)29(35-24)31(42)30-28(25-13-45-25)17(5)32(43)37-30/h6,17,22,25,28,30-31,34-35,42H,1,7-13H2,2-5H3,(H,36,44)(H,37,43)(H,38,39)(H,40,41)/p+1/t17-,22-,25+,28+,30?,31+/m1/s1. The van der Waals surface area contributed by atoms with Crippen LogP contribution in [0.5, 0.6) is 0 Å². The molecule has 45 heavy (non-hydrogen) atoms. The third-order valence-electron chi connectivity index (χ3n) is 9.91. The van der Waals surface area contributed by atoms with Gasteiger partial charge in [0.15, 0.2) is 11.0 Å². The summed E-state index contributed by atoms with van der Waals surface area (Å²) in [6.07, 6.45) is 1.76. The quantitative estimate of drug-likeness (QED) is 0.0938. The minimum atomic E-state index is -0.996. The van der Waals surface area contributed by atoms with Crippen molar-refractivity contribution in [1.29, 1.82) is 0 Å². The number of aliphatic hydroxyl groups is 1. The van der Waals surface area contributed by atoms with Crippen LogP contribution in [0.15, 0.2) is 23.8 Å². The molecule has 1 unspecified atom stereocenters. The first kappa shape index (κ1) is 32.6. The van der Waals surface area contributed by atoms with Gasteiger partial charge in [0.1, 0.15) is 6.10 Å². The summed E-state index contributed by atoms with van der Waals surface area (Å²) in [5.41, 5.74) is 7.78. The number of rotatable bonds is 14. The van der Waals surface area contributed by atoms with Gasteiger partial charge in [-0.05, 0) is 73.2 Å². The summed E-state index contributed by atoms with van der Waals surface area (Å²) in [7, 11) is 0. The van der Waals surface area contributed by atoms with Crippen LogP contribution < -0.4 is 10.6 Å². The number of carbonyl (C=O) groups excluding carboxylic acids is 2. The fourth-order valence-electron chi connectivity index (χ4n) is 7.20. The summed E-state index contributed by atoms with van der Waals surface area (Å²) in [4.78, 5) is 55.2. The van der Waals surface area contributed by atoms with Crippen molar-refractivity contribution < 1.29 is 34.5 Å². The van der Waals surface area contributed by atoms with Crippen LogP contribution >= 0.6 is 0 Å². The second-order valence-corrected chi connectivity index (χ2v) is 14.0. The summed E-state index contributed by atoms with van der Waals surface area (Å²) < 4.78 is 0. The molecule has 0 radical (unpaired) electrons. The van der Waals surface area contributed by atoms with E-state index in [0.29, 0.717) is 35.8 Å². The molecule has 7 N–H and O–H groups in total. The van der Waals surface area contributed by atoms with Gasteiger partial charge in [0, 0.05) is 65.9 Å². The molecule has 5 rings (SSSR count). The van der Waals surface area contributed by atoms with Crippen LogP contribution in [0.1, 0.15) is 77.8 Å². The Labute approximate surface area is 266 Å². The minimum absolute atomic E-state index is 0.00853. The average Bonchev–Trinajstić information content (AvgIpc) is 3.54. The van der Waals surface area contributed by atoms with Crippen LogP contribution in [0.25, 0.3) is 0 Å². The van der Waals surface area contributed by atoms with E-state index in [9.17, 15) is 34.5 Å². The molecule has 2 amide bonds. The van der Waals surface area contributed by atoms with Crippen molar-refractivity contribution >= 4 is 35.5 Å². The van der Waals surface area contributed by atoms with Crippen LogP contribution in [0, 0.1) is 25.7 Å². The number of nitrogens with one attached hydrogen (secondary N) is 4. The van der Waals surface area contributed by atoms with E-state index >= 15 is 0 Å². The van der Waals surface area contributed by atoms with Gasteiger partial charge in [0.05, 0.1) is 12.1 Å². The van der Waals surface area contributed by atoms with Gasteiger partial charge in [-0.3, -0.25) is 19.2 Å². The lowest BCUT2D eigenvalue weighted by Crippen LogP contribution is -2.37. The Hall–Kier alpha value is -3.77. The van der Waals surface area contributed by atoms with E-state index in [0.717, 1.165) is 50.7 Å². The number of thiol groups is 1. The number of hydrogen-bond acceptors (Lipinski definition) is 5. The van der Waals surface area contributed by atoms with Crippen LogP contribution in [-0.2, 0) is 56.6 Å². The molecule has 6 atom stereocenters. The molecular formula is C33H43N4O7S+. The van der Waals surface area contributed by atoms with Gasteiger partial charge >= 0.3 is 11.9 Å². The Kier molecular flexibility index (Phi) is 9.36. The molecule has 2 aromatic heterocycles. The molecule has 11 nitrogen and oxygen atoms in total. The zero-order valence-electron chi connectivity index (χ0n) is 26.1. The zero-order chi connectivity index (χ0) is 32.7. The van der Waals surface area contributed by atoms with E-state index in [4.69, 9.17) is 0 Å². The fraction of sp³-hybridized carbons (Fsp3) is 0.515. The van der Waals surface area contributed by atoms with E-state index in [2.05, 4.69) is 27.2 Å². The van der Waals surface area contributed by atoms with Crippen LogP contribution in [0.4, 0.5) is 0 Å². The van der Waals surface area contributed by atoms with E-state index < -0.39 is 24.1 Å². The third-order valence-corrected chi connectivity index (χ3v) is 11.0. The lowest BCUT2D eigenvalue weighted by Gasteiger charge is -2.23. The maximum Gasteiger partial charge on any atom is 0.303 e. The Morgan fingerprint density at radius 1 is 0.978 bits per heavy atom. The van der Waals surface area contributed by atoms with E-state index in [1.165, 1.54) is 11.8 Å². The van der Waals surface area contributed by atoms with Gasteiger partial charge in [-0.1, -0.05) is 19.6 Å². The van der Waals surface area contributed by atoms with E-state index in [1.54, 1.807) is 6.08 Å². The highest BCUT2D eigenvalue weighted by Gasteiger charge is 2.56. The highest BCUT2D eigenvalue weighted by atomic mass is 32.2. The van der Waals surface area contributed by atoms with Crippen LogP contribution in [0.3, 0.4) is 0 Å². The maximum absolute atomic E-state index is 12.6. The van der Waals surface area contributed by atoms with E-state index in [-0.39, 0.29) is 49.0 Å². The number of aliphatic hydroxyl groups excluding tert-OH is 1. The van der Waals surface area contributed by atoms with E-state index in [1.807, 2.05) is 27.7 Å². The van der Waals surface area contributed by atoms with Crippen molar-refractivity contribution in [3.8, 4) is 0 Å². The van der Waals surface area contributed by atoms with Crippen LogP contribution in [0.2, 0.25) is 0 Å². The molecular weight excluding hydrogens is 596 g/mol. The monoisotopic (exact) mass is 639 g/mol. The summed E-state index contributed by atoms with van der Waals surface area (Å²) in [6, 6.07) is -0.680. The number of aromatic nitrogens is 2. The Morgan fingerprint density at radius 3 is 2.13 bits per heavy atom. The molecule has 0 spiro atoms. The summed E-state index contributed by atoms with van der Waals surface area (Å²) >= 11 is 1.28. The second-order valence-electron chi connectivity index (χ2n) is 12.6. The molecule has 0 aliphatic carbocycles. The first-order valence-electron chi connectivity index (χ1n) is 15.4. The zero-order valence-corrected chi connectivity index (χ0v) is 27.0. The molecule has 12 heteroatoms. The smallest absolute Gasteiger partial charge is 0.303 e. The minimum Gasteiger partial charge on any atom is -0.481 e. The summed E-state index contributed by atoms with van der Waals surface area (Å²) in [5.74, 6) is -1.27. The fourth-order valence-corrected chi connectivity index (χ4v) is 8.25. The Balaban J connectivity index is 1.50. The Morgan fingerprint density at radius 2 is 1.58 bits per heavy atom. The molecule has 0 aromatic carbocycles. The maximum atomic E-state index is 12.6. The highest BCUT2D eigenvalue weighted by Crippen LogP contribution is 2.41. The topological polar surface area (TPSA) is 185 Å². The largest absolute Gasteiger partial charge is 0.481 e. The molecule has 3 aliphatic heterocycles. The lowest BCUT2D eigenvalue weighted by atomic mass is 9.85. The van der Waals surface area contributed by atoms with Crippen molar-refractivity contribution in [2.24, 2.45) is 11.8 Å². The molecule has 0 saturated carbocycles. The number of carboxylic acid groups (broad SMARTS) is 2. The molecule has 2 fully saturated rings. The van der Waals surface area contributed by atoms with Gasteiger partial charge in [0.25, 0.3) is 5.91 Å². The summed E-state index contributed by atoms with van der Waals surface area (Å²) in [5, 5.41) is 37.0. The predicted molar refractivity (Wildman–Crippen MR) is 171 cm³/mol. The number of carbonyl (C=O) groups is 4. The first-order valence-corrected chi connectivity index (χ1v) is 16.6. The SMILES string of the molecule is C=CC1=C(C)[C@@H](Cc2[nH]c(Cc3[nH]c([C@H](O)C4NC(=O)[C@H](C)[C@H]4[C@@H]4C[SH+]4)c(C)c3CCC(=O)O)c(CCC(=O)O)c2C)NC1=O. The number of aromatic amines is 2. The second kappa shape index (κ2) is 12.9. The molecule has 0 bridgehead atoms. The first-order chi connectivity index (χ1) is 21.3. The van der Waals surface area contributed by atoms with Crippen molar-refractivity contribution in [2.45, 2.75) is 89.7 Å². The van der Waals surface area contributed by atoms with Crippen molar-refractivity contribution in [1.82, 2.24) is 20.6 Å². The molecule has 3 aliphatic rings.